The average Bonchev–Trinajstić information content (AvgIpc) is 2.73. The van der Waals surface area contributed by atoms with Crippen LogP contribution in [0, 0.1) is 23.4 Å². The van der Waals surface area contributed by atoms with Gasteiger partial charge in [0.15, 0.2) is 11.6 Å². The van der Waals surface area contributed by atoms with Gasteiger partial charge < -0.3 is 10.2 Å². The van der Waals surface area contributed by atoms with E-state index in [2.05, 4.69) is 5.32 Å². The topological polar surface area (TPSA) is 15.3 Å². The van der Waals surface area contributed by atoms with Crippen molar-refractivity contribution in [3.05, 3.63) is 29.6 Å². The van der Waals surface area contributed by atoms with Crippen molar-refractivity contribution in [3.8, 4) is 0 Å². The first-order chi connectivity index (χ1) is 8.61. The summed E-state index contributed by atoms with van der Waals surface area (Å²) < 4.78 is 40.0. The molecule has 100 valence electrons. The molecule has 0 radical (unpaired) electrons. The lowest BCUT2D eigenvalue weighted by atomic mass is 10.1. The summed E-state index contributed by atoms with van der Waals surface area (Å²) in [4.78, 5) is 1.66. The summed E-state index contributed by atoms with van der Waals surface area (Å²) in [6, 6.07) is 1.46. The minimum absolute atomic E-state index is 0.101. The van der Waals surface area contributed by atoms with E-state index in [0.29, 0.717) is 19.0 Å². The lowest BCUT2D eigenvalue weighted by Gasteiger charge is -2.20. The van der Waals surface area contributed by atoms with Crippen LogP contribution in [0.4, 0.5) is 18.9 Å². The predicted molar refractivity (Wildman–Crippen MR) is 65.2 cm³/mol. The SMILES string of the molecule is CCNCC1CCN(c2c(F)cc(F)cc2F)C1. The highest BCUT2D eigenvalue weighted by Crippen LogP contribution is 2.29. The Bertz CT molecular complexity index is 400. The Morgan fingerprint density at radius 1 is 1.28 bits per heavy atom. The molecule has 2 rings (SSSR count). The lowest BCUT2D eigenvalue weighted by Crippen LogP contribution is -2.27. The van der Waals surface area contributed by atoms with E-state index in [1.807, 2.05) is 6.92 Å². The summed E-state index contributed by atoms with van der Waals surface area (Å²) >= 11 is 0. The van der Waals surface area contributed by atoms with Crippen LogP contribution in [0.5, 0.6) is 0 Å². The van der Waals surface area contributed by atoms with Crippen molar-refractivity contribution < 1.29 is 13.2 Å². The van der Waals surface area contributed by atoms with E-state index in [4.69, 9.17) is 0 Å². The van der Waals surface area contributed by atoms with Crippen molar-refractivity contribution in [1.82, 2.24) is 5.32 Å². The maximum Gasteiger partial charge on any atom is 0.152 e. The monoisotopic (exact) mass is 258 g/mol. The molecule has 1 heterocycles. The van der Waals surface area contributed by atoms with Gasteiger partial charge in [0.25, 0.3) is 0 Å². The summed E-state index contributed by atoms with van der Waals surface area (Å²) in [5, 5.41) is 3.23. The van der Waals surface area contributed by atoms with Gasteiger partial charge >= 0.3 is 0 Å². The van der Waals surface area contributed by atoms with Crippen LogP contribution >= 0.6 is 0 Å². The van der Waals surface area contributed by atoms with E-state index in [-0.39, 0.29) is 5.69 Å². The van der Waals surface area contributed by atoms with Gasteiger partial charge in [-0.3, -0.25) is 0 Å². The van der Waals surface area contributed by atoms with Crippen molar-refractivity contribution in [2.45, 2.75) is 13.3 Å². The molecular weight excluding hydrogens is 241 g/mol. The van der Waals surface area contributed by atoms with Crippen LogP contribution in [0.2, 0.25) is 0 Å². The molecular formula is C13H17F3N2. The quantitative estimate of drug-likeness (QED) is 0.892. The van der Waals surface area contributed by atoms with Crippen LogP contribution in [0.3, 0.4) is 0 Å². The van der Waals surface area contributed by atoms with Gasteiger partial charge in [0.05, 0.1) is 0 Å². The molecule has 1 fully saturated rings. The number of nitrogens with zero attached hydrogens (tertiary/aromatic N) is 1. The molecule has 18 heavy (non-hydrogen) atoms. The molecule has 0 saturated carbocycles. The number of halogens is 3. The number of benzene rings is 1. The second-order valence-corrected chi connectivity index (χ2v) is 4.63. The van der Waals surface area contributed by atoms with Gasteiger partial charge in [-0.1, -0.05) is 6.92 Å². The van der Waals surface area contributed by atoms with E-state index in [1.165, 1.54) is 0 Å². The molecule has 1 unspecified atom stereocenters. The van der Waals surface area contributed by atoms with E-state index in [0.717, 1.165) is 31.6 Å². The smallest absolute Gasteiger partial charge is 0.152 e. The highest BCUT2D eigenvalue weighted by molar-refractivity contribution is 5.50. The molecule has 0 aromatic heterocycles. The van der Waals surface area contributed by atoms with Gasteiger partial charge in [0.2, 0.25) is 0 Å². The van der Waals surface area contributed by atoms with Crippen LogP contribution in [0.25, 0.3) is 0 Å². The summed E-state index contributed by atoms with van der Waals surface area (Å²) in [5.41, 5.74) is -0.101. The zero-order valence-electron chi connectivity index (χ0n) is 10.3. The van der Waals surface area contributed by atoms with Crippen LogP contribution in [-0.4, -0.2) is 26.2 Å². The standard InChI is InChI=1S/C13H17F3N2/c1-2-17-7-9-3-4-18(8-9)13-11(15)5-10(14)6-12(13)16/h5-6,9,17H,2-4,7-8H2,1H3. The predicted octanol–water partition coefficient (Wildman–Crippen LogP) is 2.54. The molecule has 2 nitrogen and oxygen atoms in total. The van der Waals surface area contributed by atoms with Crippen LogP contribution in [-0.2, 0) is 0 Å². The molecule has 1 aliphatic rings. The minimum atomic E-state index is -0.878. The molecule has 0 bridgehead atoms. The van der Waals surface area contributed by atoms with E-state index >= 15 is 0 Å². The largest absolute Gasteiger partial charge is 0.366 e. The zero-order chi connectivity index (χ0) is 13.1. The Hall–Kier alpha value is -1.23. The van der Waals surface area contributed by atoms with Crippen molar-refractivity contribution >= 4 is 5.69 Å². The van der Waals surface area contributed by atoms with Gasteiger partial charge in [-0.2, -0.15) is 0 Å². The number of rotatable bonds is 4. The van der Waals surface area contributed by atoms with Crippen molar-refractivity contribution in [1.29, 1.82) is 0 Å². The van der Waals surface area contributed by atoms with E-state index in [1.54, 1.807) is 4.90 Å². The molecule has 0 aliphatic carbocycles. The summed E-state index contributed by atoms with van der Waals surface area (Å²) in [5.74, 6) is -2.14. The summed E-state index contributed by atoms with van der Waals surface area (Å²) in [7, 11) is 0. The van der Waals surface area contributed by atoms with Crippen LogP contribution in [0.1, 0.15) is 13.3 Å². The molecule has 1 aromatic carbocycles. The van der Waals surface area contributed by atoms with Gasteiger partial charge in [0.1, 0.15) is 11.5 Å². The fourth-order valence-corrected chi connectivity index (χ4v) is 2.39. The number of nitrogens with one attached hydrogen (secondary N) is 1. The molecule has 1 aliphatic heterocycles. The number of hydrogen-bond donors (Lipinski definition) is 1. The highest BCUT2D eigenvalue weighted by atomic mass is 19.1. The summed E-state index contributed by atoms with van der Waals surface area (Å²) in [6.07, 6.45) is 0.892. The third kappa shape index (κ3) is 2.77. The molecule has 5 heteroatoms. The number of hydrogen-bond acceptors (Lipinski definition) is 2. The Morgan fingerprint density at radius 3 is 2.56 bits per heavy atom. The second-order valence-electron chi connectivity index (χ2n) is 4.63. The van der Waals surface area contributed by atoms with Crippen molar-refractivity contribution in [3.63, 3.8) is 0 Å². The van der Waals surface area contributed by atoms with E-state index < -0.39 is 17.5 Å². The first kappa shape index (κ1) is 13.2. The number of anilines is 1. The van der Waals surface area contributed by atoms with E-state index in [9.17, 15) is 13.2 Å². The Kier molecular flexibility index (Phi) is 4.11. The Morgan fingerprint density at radius 2 is 1.94 bits per heavy atom. The minimum Gasteiger partial charge on any atom is -0.366 e. The molecule has 1 N–H and O–H groups in total. The fourth-order valence-electron chi connectivity index (χ4n) is 2.39. The molecule has 1 aromatic rings. The fraction of sp³-hybridized carbons (Fsp3) is 0.538. The van der Waals surface area contributed by atoms with Gasteiger partial charge in [-0.05, 0) is 25.4 Å². The highest BCUT2D eigenvalue weighted by Gasteiger charge is 2.26. The molecule has 1 atom stereocenters. The van der Waals surface area contributed by atoms with Gasteiger partial charge in [-0.25, -0.2) is 13.2 Å². The summed E-state index contributed by atoms with van der Waals surface area (Å²) in [6.45, 7) is 4.96. The lowest BCUT2D eigenvalue weighted by molar-refractivity contribution is 0.521. The van der Waals surface area contributed by atoms with Crippen LogP contribution < -0.4 is 10.2 Å². The average molecular weight is 258 g/mol. The third-order valence-corrected chi connectivity index (χ3v) is 3.27. The van der Waals surface area contributed by atoms with Crippen LogP contribution in [0.15, 0.2) is 12.1 Å². The molecule has 1 saturated heterocycles. The normalized spacial score (nSPS) is 19.6. The van der Waals surface area contributed by atoms with Crippen molar-refractivity contribution in [2.24, 2.45) is 5.92 Å². The maximum absolute atomic E-state index is 13.6. The zero-order valence-corrected chi connectivity index (χ0v) is 10.3. The van der Waals surface area contributed by atoms with Gasteiger partial charge in [-0.15, -0.1) is 0 Å². The van der Waals surface area contributed by atoms with Gasteiger partial charge in [0, 0.05) is 25.2 Å². The van der Waals surface area contributed by atoms with Crippen molar-refractivity contribution in [2.75, 3.05) is 31.1 Å². The molecule has 0 spiro atoms. The molecule has 0 amide bonds. The Balaban J connectivity index is 2.09. The first-order valence-corrected chi connectivity index (χ1v) is 6.22. The second kappa shape index (κ2) is 5.61. The maximum atomic E-state index is 13.6. The Labute approximate surface area is 105 Å². The third-order valence-electron chi connectivity index (χ3n) is 3.27. The first-order valence-electron chi connectivity index (χ1n) is 6.22.